The van der Waals surface area contributed by atoms with Crippen LogP contribution in [0.15, 0.2) is 0 Å². The third-order valence-electron chi connectivity index (χ3n) is 2.95. The molecule has 0 spiro atoms. The van der Waals surface area contributed by atoms with E-state index in [0.717, 1.165) is 0 Å². The van der Waals surface area contributed by atoms with E-state index in [1.54, 1.807) is 0 Å². The second kappa shape index (κ2) is 2.87. The molecule has 0 aromatic carbocycles. The molecule has 0 unspecified atom stereocenters. The van der Waals surface area contributed by atoms with Gasteiger partial charge in [-0.25, -0.2) is 4.79 Å². The molecular weight excluding hydrogens is 170 g/mol. The highest BCUT2D eigenvalue weighted by Gasteiger charge is 2.52. The van der Waals surface area contributed by atoms with Crippen LogP contribution in [-0.2, 0) is 0 Å². The van der Waals surface area contributed by atoms with E-state index in [1.165, 1.54) is 0 Å². The quantitative estimate of drug-likeness (QED) is 0.577. The molecule has 4 heteroatoms. The largest absolute Gasteiger partial charge is 0.465 e. The number of carbonyl (C=O) groups is 1. The highest BCUT2D eigenvalue weighted by molar-refractivity contribution is 5.66. The maximum atomic E-state index is 10.6. The summed E-state index contributed by atoms with van der Waals surface area (Å²) in [7, 11) is 0. The van der Waals surface area contributed by atoms with Crippen LogP contribution in [0.5, 0.6) is 0 Å². The highest BCUT2D eigenvalue weighted by atomic mass is 16.4. The Bertz CT molecular complexity index is 213. The van der Waals surface area contributed by atoms with Crippen molar-refractivity contribution in [3.8, 4) is 0 Å². The molecule has 1 aliphatic carbocycles. The molecule has 0 saturated heterocycles. The summed E-state index contributed by atoms with van der Waals surface area (Å²) in [5.74, 6) is 0. The zero-order valence-electron chi connectivity index (χ0n) is 8.29. The second-order valence-corrected chi connectivity index (χ2v) is 4.82. The molecule has 1 rings (SSSR count). The summed E-state index contributed by atoms with van der Waals surface area (Å²) < 4.78 is 0. The third-order valence-corrected chi connectivity index (χ3v) is 2.95. The summed E-state index contributed by atoms with van der Waals surface area (Å²) in [6.07, 6.45) is -0.334. The first-order valence-electron chi connectivity index (χ1n) is 4.46. The minimum Gasteiger partial charge on any atom is -0.465 e. The molecule has 1 fully saturated rings. The number of hydrogen-bond acceptors (Lipinski definition) is 2. The Morgan fingerprint density at radius 3 is 2.15 bits per heavy atom. The second-order valence-electron chi connectivity index (χ2n) is 4.82. The van der Waals surface area contributed by atoms with Gasteiger partial charge in [-0.2, -0.15) is 0 Å². The lowest BCUT2D eigenvalue weighted by atomic mass is 9.60. The van der Waals surface area contributed by atoms with E-state index in [4.69, 9.17) is 5.11 Å². The van der Waals surface area contributed by atoms with Gasteiger partial charge in [-0.3, -0.25) is 0 Å². The van der Waals surface area contributed by atoms with Gasteiger partial charge in [-0.05, 0) is 18.3 Å². The maximum Gasteiger partial charge on any atom is 0.405 e. The summed E-state index contributed by atoms with van der Waals surface area (Å²) in [5, 5.41) is 20.4. The predicted molar refractivity (Wildman–Crippen MR) is 48.6 cm³/mol. The van der Waals surface area contributed by atoms with Crippen molar-refractivity contribution in [3.63, 3.8) is 0 Å². The van der Waals surface area contributed by atoms with Crippen molar-refractivity contribution in [3.05, 3.63) is 0 Å². The molecule has 0 atom stereocenters. The number of rotatable bonds is 1. The number of aliphatic hydroxyl groups excluding tert-OH is 1. The van der Waals surface area contributed by atoms with Crippen molar-refractivity contribution < 1.29 is 15.0 Å². The lowest BCUT2D eigenvalue weighted by Crippen LogP contribution is -2.66. The average Bonchev–Trinajstić information content (AvgIpc) is 1.79. The molecule has 0 aromatic heterocycles. The van der Waals surface area contributed by atoms with E-state index in [2.05, 4.69) is 5.32 Å². The molecule has 3 N–H and O–H groups in total. The Hall–Kier alpha value is -0.770. The fraction of sp³-hybridized carbons (Fsp3) is 0.889. The number of carboxylic acid groups (broad SMARTS) is 1. The van der Waals surface area contributed by atoms with Crippen molar-refractivity contribution >= 4 is 6.09 Å². The Balaban J connectivity index is 2.73. The Kier molecular flexibility index (Phi) is 2.28. The molecule has 13 heavy (non-hydrogen) atoms. The van der Waals surface area contributed by atoms with Crippen LogP contribution < -0.4 is 5.32 Å². The standard InChI is InChI=1S/C9H17NO3/c1-8(2,3)9(10-7(12)13)4-6(11)5-9/h6,10-11H,4-5H2,1-3H3,(H,12,13). The van der Waals surface area contributed by atoms with E-state index in [9.17, 15) is 9.90 Å². The van der Waals surface area contributed by atoms with Crippen LogP contribution in [-0.4, -0.2) is 27.9 Å². The molecule has 1 saturated carbocycles. The van der Waals surface area contributed by atoms with Gasteiger partial charge >= 0.3 is 6.09 Å². The number of hydrogen-bond donors (Lipinski definition) is 3. The fourth-order valence-electron chi connectivity index (χ4n) is 1.85. The summed E-state index contributed by atoms with van der Waals surface area (Å²) >= 11 is 0. The Morgan fingerprint density at radius 1 is 1.46 bits per heavy atom. The van der Waals surface area contributed by atoms with Crippen molar-refractivity contribution in [1.82, 2.24) is 5.32 Å². The lowest BCUT2D eigenvalue weighted by molar-refractivity contribution is -0.0528. The van der Waals surface area contributed by atoms with E-state index < -0.39 is 11.6 Å². The molecule has 0 aromatic rings. The minimum atomic E-state index is -1.01. The van der Waals surface area contributed by atoms with Crippen LogP contribution in [0.4, 0.5) is 4.79 Å². The zero-order chi connectivity index (χ0) is 10.3. The summed E-state index contributed by atoms with van der Waals surface area (Å²) in [6, 6.07) is 0. The molecular formula is C9H17NO3. The molecule has 0 bridgehead atoms. The van der Waals surface area contributed by atoms with Gasteiger partial charge in [0.05, 0.1) is 11.6 Å². The topological polar surface area (TPSA) is 69.6 Å². The lowest BCUT2D eigenvalue weighted by Gasteiger charge is -2.53. The molecule has 0 radical (unpaired) electrons. The van der Waals surface area contributed by atoms with Crippen molar-refractivity contribution in [1.29, 1.82) is 0 Å². The third kappa shape index (κ3) is 1.77. The van der Waals surface area contributed by atoms with Gasteiger partial charge in [0.1, 0.15) is 0 Å². The van der Waals surface area contributed by atoms with E-state index in [-0.39, 0.29) is 11.5 Å². The van der Waals surface area contributed by atoms with Crippen LogP contribution in [0.25, 0.3) is 0 Å². The van der Waals surface area contributed by atoms with Crippen molar-refractivity contribution in [2.75, 3.05) is 0 Å². The monoisotopic (exact) mass is 187 g/mol. The SMILES string of the molecule is CC(C)(C)C1(NC(=O)O)CC(O)C1. The van der Waals surface area contributed by atoms with Gasteiger partial charge in [0.25, 0.3) is 0 Å². The number of amides is 1. The first-order chi connectivity index (χ1) is 5.77. The zero-order valence-corrected chi connectivity index (χ0v) is 8.29. The molecule has 76 valence electrons. The predicted octanol–water partition coefficient (Wildman–Crippen LogP) is 1.19. The van der Waals surface area contributed by atoms with Gasteiger partial charge in [0.2, 0.25) is 0 Å². The van der Waals surface area contributed by atoms with Crippen LogP contribution in [0.2, 0.25) is 0 Å². The van der Waals surface area contributed by atoms with Gasteiger partial charge in [0.15, 0.2) is 0 Å². The van der Waals surface area contributed by atoms with Crippen LogP contribution in [0.1, 0.15) is 33.6 Å². The molecule has 1 amide bonds. The fourth-order valence-corrected chi connectivity index (χ4v) is 1.85. The smallest absolute Gasteiger partial charge is 0.405 e. The normalized spacial score (nSPS) is 33.7. The first kappa shape index (κ1) is 10.3. The number of nitrogens with one attached hydrogen (secondary N) is 1. The van der Waals surface area contributed by atoms with Gasteiger partial charge in [0, 0.05) is 0 Å². The Labute approximate surface area is 78.0 Å². The maximum absolute atomic E-state index is 10.6. The van der Waals surface area contributed by atoms with E-state index in [1.807, 2.05) is 20.8 Å². The minimum absolute atomic E-state index is 0.148. The summed E-state index contributed by atoms with van der Waals surface area (Å²) in [6.45, 7) is 5.94. The highest BCUT2D eigenvalue weighted by Crippen LogP contribution is 2.45. The van der Waals surface area contributed by atoms with Gasteiger partial charge in [-0.1, -0.05) is 20.8 Å². The van der Waals surface area contributed by atoms with Crippen LogP contribution in [0.3, 0.4) is 0 Å². The molecule has 0 heterocycles. The summed E-state index contributed by atoms with van der Waals surface area (Å²) in [4.78, 5) is 10.6. The summed E-state index contributed by atoms with van der Waals surface area (Å²) in [5.41, 5.74) is -0.594. The van der Waals surface area contributed by atoms with Crippen LogP contribution >= 0.6 is 0 Å². The first-order valence-corrected chi connectivity index (χ1v) is 4.46. The van der Waals surface area contributed by atoms with Gasteiger partial charge < -0.3 is 15.5 Å². The van der Waals surface area contributed by atoms with Crippen LogP contribution in [0, 0.1) is 5.41 Å². The molecule has 0 aliphatic heterocycles. The average molecular weight is 187 g/mol. The van der Waals surface area contributed by atoms with E-state index in [0.29, 0.717) is 12.8 Å². The number of aliphatic hydroxyl groups is 1. The molecule has 1 aliphatic rings. The molecule has 4 nitrogen and oxygen atoms in total. The Morgan fingerprint density at radius 2 is 1.92 bits per heavy atom. The van der Waals surface area contributed by atoms with Crippen molar-refractivity contribution in [2.45, 2.75) is 45.3 Å². The van der Waals surface area contributed by atoms with E-state index >= 15 is 0 Å². The van der Waals surface area contributed by atoms with Gasteiger partial charge in [-0.15, -0.1) is 0 Å². The van der Waals surface area contributed by atoms with Crippen molar-refractivity contribution in [2.24, 2.45) is 5.41 Å².